The molecule has 6 heteroatoms. The summed E-state index contributed by atoms with van der Waals surface area (Å²) >= 11 is 0. The van der Waals surface area contributed by atoms with Gasteiger partial charge in [-0.25, -0.2) is 5.43 Å². The Morgan fingerprint density at radius 3 is 2.45 bits per heavy atom. The van der Waals surface area contributed by atoms with Crippen molar-refractivity contribution in [2.45, 2.75) is 0 Å². The average Bonchev–Trinajstić information content (AvgIpc) is 2.44. The summed E-state index contributed by atoms with van der Waals surface area (Å²) in [4.78, 5) is 11.7. The van der Waals surface area contributed by atoms with Crippen LogP contribution in [0, 0.1) is 0 Å². The van der Waals surface area contributed by atoms with Crippen molar-refractivity contribution < 1.29 is 20.1 Å². The molecule has 2 aromatic rings. The fourth-order valence-corrected chi connectivity index (χ4v) is 1.49. The Morgan fingerprint density at radius 1 is 1.05 bits per heavy atom. The van der Waals surface area contributed by atoms with Gasteiger partial charge in [0.1, 0.15) is 5.75 Å². The molecule has 0 aliphatic heterocycles. The number of carbonyl (C=O) groups is 1. The fourth-order valence-electron chi connectivity index (χ4n) is 1.49. The quantitative estimate of drug-likeness (QED) is 0.387. The Bertz CT molecular complexity index is 651. The SMILES string of the molecule is O=C(NN=Cc1cccc(O)c1O)c1ccc(O)cc1. The zero-order chi connectivity index (χ0) is 14.5. The van der Waals surface area contributed by atoms with E-state index in [0.717, 1.165) is 0 Å². The van der Waals surface area contributed by atoms with E-state index >= 15 is 0 Å². The maximum atomic E-state index is 11.7. The lowest BCUT2D eigenvalue weighted by molar-refractivity contribution is 0.0955. The molecule has 0 heterocycles. The Kier molecular flexibility index (Phi) is 3.85. The second-order valence-electron chi connectivity index (χ2n) is 3.96. The predicted octanol–water partition coefficient (Wildman–Crippen LogP) is 1.57. The number of rotatable bonds is 3. The number of nitrogens with zero attached hydrogens (tertiary/aromatic N) is 1. The summed E-state index contributed by atoms with van der Waals surface area (Å²) in [5, 5.41) is 31.6. The smallest absolute Gasteiger partial charge is 0.271 e. The molecule has 0 unspecified atom stereocenters. The van der Waals surface area contributed by atoms with Crippen molar-refractivity contribution in [3.05, 3.63) is 53.6 Å². The Labute approximate surface area is 114 Å². The first-order valence-corrected chi connectivity index (χ1v) is 5.71. The van der Waals surface area contributed by atoms with E-state index in [-0.39, 0.29) is 22.8 Å². The highest BCUT2D eigenvalue weighted by atomic mass is 16.3. The van der Waals surface area contributed by atoms with Crippen LogP contribution in [0.15, 0.2) is 47.6 Å². The van der Waals surface area contributed by atoms with Gasteiger partial charge >= 0.3 is 0 Å². The molecule has 0 aliphatic rings. The molecule has 2 aromatic carbocycles. The van der Waals surface area contributed by atoms with Crippen LogP contribution in [-0.2, 0) is 0 Å². The van der Waals surface area contributed by atoms with Crippen LogP contribution in [0.25, 0.3) is 0 Å². The average molecular weight is 272 g/mol. The molecule has 102 valence electrons. The minimum absolute atomic E-state index is 0.0646. The van der Waals surface area contributed by atoms with E-state index < -0.39 is 5.91 Å². The Hall–Kier alpha value is -3.02. The summed E-state index contributed by atoms with van der Waals surface area (Å²) in [6, 6.07) is 10.1. The van der Waals surface area contributed by atoms with Crippen LogP contribution < -0.4 is 5.43 Å². The third kappa shape index (κ3) is 3.05. The molecule has 0 aliphatic carbocycles. The lowest BCUT2D eigenvalue weighted by Crippen LogP contribution is -2.17. The fraction of sp³-hybridized carbons (Fsp3) is 0. The minimum atomic E-state index is -0.458. The highest BCUT2D eigenvalue weighted by Crippen LogP contribution is 2.26. The molecule has 6 nitrogen and oxygen atoms in total. The molecule has 1 amide bonds. The van der Waals surface area contributed by atoms with E-state index in [2.05, 4.69) is 10.5 Å². The van der Waals surface area contributed by atoms with Gasteiger partial charge in [-0.1, -0.05) is 6.07 Å². The van der Waals surface area contributed by atoms with E-state index in [9.17, 15) is 15.0 Å². The zero-order valence-corrected chi connectivity index (χ0v) is 10.3. The highest BCUT2D eigenvalue weighted by molar-refractivity contribution is 5.95. The van der Waals surface area contributed by atoms with Crippen molar-refractivity contribution in [3.8, 4) is 17.2 Å². The number of hydrogen-bond donors (Lipinski definition) is 4. The van der Waals surface area contributed by atoms with Crippen LogP contribution in [-0.4, -0.2) is 27.4 Å². The van der Waals surface area contributed by atoms with Crippen LogP contribution in [0.5, 0.6) is 17.2 Å². The largest absolute Gasteiger partial charge is 0.508 e. The van der Waals surface area contributed by atoms with Crippen molar-refractivity contribution in [1.29, 1.82) is 0 Å². The van der Waals surface area contributed by atoms with Crippen LogP contribution in [0.3, 0.4) is 0 Å². The molecule has 0 saturated carbocycles. The van der Waals surface area contributed by atoms with E-state index in [1.165, 1.54) is 48.7 Å². The van der Waals surface area contributed by atoms with Crippen molar-refractivity contribution in [2.75, 3.05) is 0 Å². The normalized spacial score (nSPS) is 10.6. The van der Waals surface area contributed by atoms with E-state index in [0.29, 0.717) is 5.56 Å². The number of hydrogen-bond acceptors (Lipinski definition) is 5. The number of hydrazone groups is 1. The van der Waals surface area contributed by atoms with Crippen LogP contribution >= 0.6 is 0 Å². The molecule has 0 spiro atoms. The number of carbonyl (C=O) groups excluding carboxylic acids is 1. The summed E-state index contributed by atoms with van der Waals surface area (Å²) in [6.07, 6.45) is 1.22. The molecular formula is C14H12N2O4. The lowest BCUT2D eigenvalue weighted by atomic mass is 10.2. The first-order chi connectivity index (χ1) is 9.58. The predicted molar refractivity (Wildman–Crippen MR) is 72.9 cm³/mol. The third-order valence-corrected chi connectivity index (χ3v) is 2.55. The van der Waals surface area contributed by atoms with Gasteiger partial charge in [0.15, 0.2) is 11.5 Å². The first kappa shape index (κ1) is 13.4. The van der Waals surface area contributed by atoms with Crippen molar-refractivity contribution in [2.24, 2.45) is 5.10 Å². The molecule has 0 aromatic heterocycles. The number of phenols is 3. The summed E-state index contributed by atoms with van der Waals surface area (Å²) in [6.45, 7) is 0. The van der Waals surface area contributed by atoms with Crippen molar-refractivity contribution >= 4 is 12.1 Å². The molecule has 0 bridgehead atoms. The second-order valence-corrected chi connectivity index (χ2v) is 3.96. The standard InChI is InChI=1S/C14H12N2O4/c17-11-6-4-9(5-7-11)14(20)16-15-8-10-2-1-3-12(18)13(10)19/h1-8,17-19H,(H,16,20). The van der Waals surface area contributed by atoms with Gasteiger partial charge in [0, 0.05) is 11.1 Å². The van der Waals surface area contributed by atoms with Crippen molar-refractivity contribution in [3.63, 3.8) is 0 Å². The van der Waals surface area contributed by atoms with Gasteiger partial charge in [0.2, 0.25) is 0 Å². The second kappa shape index (κ2) is 5.75. The molecule has 20 heavy (non-hydrogen) atoms. The van der Waals surface area contributed by atoms with Crippen LogP contribution in [0.2, 0.25) is 0 Å². The summed E-state index contributed by atoms with van der Waals surface area (Å²) in [5.74, 6) is -0.968. The number of para-hydroxylation sites is 1. The van der Waals surface area contributed by atoms with E-state index in [1.807, 2.05) is 0 Å². The van der Waals surface area contributed by atoms with Gasteiger partial charge in [0.25, 0.3) is 5.91 Å². The maximum absolute atomic E-state index is 11.7. The monoisotopic (exact) mass is 272 g/mol. The number of phenolic OH excluding ortho intramolecular Hbond substituents is 3. The topological polar surface area (TPSA) is 102 Å². The number of nitrogens with one attached hydrogen (secondary N) is 1. The van der Waals surface area contributed by atoms with E-state index in [4.69, 9.17) is 5.11 Å². The maximum Gasteiger partial charge on any atom is 0.271 e. The summed E-state index contributed by atoms with van der Waals surface area (Å²) in [5.41, 5.74) is 2.88. The van der Waals surface area contributed by atoms with Gasteiger partial charge in [-0.3, -0.25) is 4.79 Å². The summed E-state index contributed by atoms with van der Waals surface area (Å²) < 4.78 is 0. The van der Waals surface area contributed by atoms with Gasteiger partial charge in [-0.2, -0.15) is 5.10 Å². The van der Waals surface area contributed by atoms with Crippen LogP contribution in [0.4, 0.5) is 0 Å². The molecule has 0 radical (unpaired) electrons. The molecule has 0 saturated heterocycles. The molecule has 4 N–H and O–H groups in total. The molecule has 2 rings (SSSR count). The third-order valence-electron chi connectivity index (χ3n) is 2.55. The zero-order valence-electron chi connectivity index (χ0n) is 10.3. The molecule has 0 atom stereocenters. The van der Waals surface area contributed by atoms with Crippen LogP contribution in [0.1, 0.15) is 15.9 Å². The van der Waals surface area contributed by atoms with Gasteiger partial charge in [-0.05, 0) is 36.4 Å². The Balaban J connectivity index is 2.04. The van der Waals surface area contributed by atoms with Crippen molar-refractivity contribution in [1.82, 2.24) is 5.43 Å². The minimum Gasteiger partial charge on any atom is -0.508 e. The molecule has 0 fully saturated rings. The Morgan fingerprint density at radius 2 is 1.75 bits per heavy atom. The number of amides is 1. The van der Waals surface area contributed by atoms with Gasteiger partial charge < -0.3 is 15.3 Å². The summed E-state index contributed by atoms with van der Waals surface area (Å²) in [7, 11) is 0. The van der Waals surface area contributed by atoms with E-state index in [1.54, 1.807) is 0 Å². The highest BCUT2D eigenvalue weighted by Gasteiger charge is 2.05. The lowest BCUT2D eigenvalue weighted by Gasteiger charge is -2.02. The van der Waals surface area contributed by atoms with Gasteiger partial charge in [-0.15, -0.1) is 0 Å². The number of aromatic hydroxyl groups is 3. The number of benzene rings is 2. The molecular weight excluding hydrogens is 260 g/mol. The van der Waals surface area contributed by atoms with Gasteiger partial charge in [0.05, 0.1) is 6.21 Å². The first-order valence-electron chi connectivity index (χ1n) is 5.71.